The summed E-state index contributed by atoms with van der Waals surface area (Å²) in [7, 11) is 0. The van der Waals surface area contributed by atoms with E-state index in [-0.39, 0.29) is 22.7 Å². The second kappa shape index (κ2) is 7.09. The van der Waals surface area contributed by atoms with Crippen molar-refractivity contribution >= 4 is 60.8 Å². The van der Waals surface area contributed by atoms with Gasteiger partial charge in [0.1, 0.15) is 16.5 Å². The molecular weight excluding hydrogens is 458 g/mol. The lowest BCUT2D eigenvalue weighted by atomic mass is 9.84. The standard InChI is InChI=1S/C19H11N5O4S3/c1-29-19-12-13-15(30-18(12)23-31-19)14-11(17(25)22-13)10(9(6-20)16(21)28-14)7-2-4-8(5-3-7)24(26)27/h2-5,10H,21H2,1H3,(H,22,25). The highest BCUT2D eigenvalue weighted by Crippen LogP contribution is 2.48. The van der Waals surface area contributed by atoms with Crippen LogP contribution in [0.2, 0.25) is 0 Å². The lowest BCUT2D eigenvalue weighted by Gasteiger charge is -2.25. The van der Waals surface area contributed by atoms with Gasteiger partial charge in [0, 0.05) is 12.1 Å². The van der Waals surface area contributed by atoms with Crippen LogP contribution >= 0.6 is 34.6 Å². The number of pyridine rings is 1. The molecule has 0 saturated carbocycles. The smallest absolute Gasteiger partial charge is 0.269 e. The first-order chi connectivity index (χ1) is 14.9. The Labute approximate surface area is 186 Å². The molecular formula is C19H11N5O4S3. The lowest BCUT2D eigenvalue weighted by molar-refractivity contribution is -0.384. The van der Waals surface area contributed by atoms with E-state index < -0.39 is 16.4 Å². The molecule has 0 saturated heterocycles. The number of hydrogen-bond acceptors (Lipinski definition) is 10. The molecule has 3 aromatic heterocycles. The zero-order valence-corrected chi connectivity index (χ0v) is 18.1. The molecule has 1 aliphatic rings. The van der Waals surface area contributed by atoms with Crippen molar-refractivity contribution in [3.63, 3.8) is 0 Å². The quantitative estimate of drug-likeness (QED) is 0.259. The maximum Gasteiger partial charge on any atom is 0.269 e. The predicted octanol–water partition coefficient (Wildman–Crippen LogP) is 4.05. The van der Waals surface area contributed by atoms with Crippen LogP contribution in [0.5, 0.6) is 5.75 Å². The first-order valence-corrected chi connectivity index (χ1v) is 11.6. The molecule has 31 heavy (non-hydrogen) atoms. The number of aromatic amines is 1. The number of nitrogens with two attached hydrogens (primary N) is 1. The van der Waals surface area contributed by atoms with Gasteiger partial charge in [0.2, 0.25) is 5.88 Å². The molecule has 1 aliphatic heterocycles. The number of benzene rings is 1. The highest BCUT2D eigenvalue weighted by Gasteiger charge is 2.36. The highest BCUT2D eigenvalue weighted by molar-refractivity contribution is 8.00. The monoisotopic (exact) mass is 469 g/mol. The Balaban J connectivity index is 1.81. The topological polar surface area (TPSA) is 148 Å². The first kappa shape index (κ1) is 19.6. The zero-order valence-electron chi connectivity index (χ0n) is 15.7. The van der Waals surface area contributed by atoms with Gasteiger partial charge in [0.05, 0.1) is 36.2 Å². The summed E-state index contributed by atoms with van der Waals surface area (Å²) in [6.45, 7) is 0. The van der Waals surface area contributed by atoms with Crippen molar-refractivity contribution < 1.29 is 9.66 Å². The summed E-state index contributed by atoms with van der Waals surface area (Å²) in [5.41, 5.74) is 7.04. The molecule has 0 bridgehead atoms. The van der Waals surface area contributed by atoms with E-state index in [9.17, 15) is 20.2 Å². The second-order valence-corrected chi connectivity index (χ2v) is 9.48. The van der Waals surface area contributed by atoms with Crippen LogP contribution < -0.4 is 16.0 Å². The number of H-pyrrole nitrogens is 1. The predicted molar refractivity (Wildman–Crippen MR) is 120 cm³/mol. The molecule has 1 atom stereocenters. The number of nitrogens with one attached hydrogen (secondary N) is 1. The van der Waals surface area contributed by atoms with Crippen LogP contribution in [0, 0.1) is 21.4 Å². The van der Waals surface area contributed by atoms with Crippen molar-refractivity contribution in [1.82, 2.24) is 9.36 Å². The Hall–Kier alpha value is -3.40. The number of rotatable bonds is 3. The number of aromatic nitrogens is 2. The normalized spacial score (nSPS) is 15.7. The molecule has 4 heterocycles. The van der Waals surface area contributed by atoms with E-state index in [1.165, 1.54) is 47.1 Å². The lowest BCUT2D eigenvalue weighted by Crippen LogP contribution is -2.27. The summed E-state index contributed by atoms with van der Waals surface area (Å²) < 4.78 is 11.9. The van der Waals surface area contributed by atoms with E-state index in [1.807, 2.05) is 12.3 Å². The molecule has 4 aromatic rings. The van der Waals surface area contributed by atoms with E-state index in [1.54, 1.807) is 11.8 Å². The Morgan fingerprint density at radius 1 is 1.39 bits per heavy atom. The van der Waals surface area contributed by atoms with Crippen LogP contribution in [0.4, 0.5) is 5.69 Å². The van der Waals surface area contributed by atoms with Gasteiger partial charge in [0.25, 0.3) is 11.2 Å². The van der Waals surface area contributed by atoms with E-state index >= 15 is 0 Å². The number of thioether (sulfide) groups is 1. The summed E-state index contributed by atoms with van der Waals surface area (Å²) in [6.07, 6.45) is 1.94. The molecule has 5 rings (SSSR count). The molecule has 12 heteroatoms. The van der Waals surface area contributed by atoms with Crippen LogP contribution in [0.25, 0.3) is 20.4 Å². The van der Waals surface area contributed by atoms with Gasteiger partial charge >= 0.3 is 0 Å². The number of nitrogens with zero attached hydrogens (tertiary/aromatic N) is 3. The van der Waals surface area contributed by atoms with Crippen molar-refractivity contribution in [3.05, 3.63) is 67.3 Å². The van der Waals surface area contributed by atoms with Gasteiger partial charge in [-0.2, -0.15) is 9.64 Å². The number of nitriles is 1. The van der Waals surface area contributed by atoms with E-state index in [2.05, 4.69) is 9.36 Å². The Bertz CT molecular complexity index is 1520. The van der Waals surface area contributed by atoms with Gasteiger partial charge < -0.3 is 15.5 Å². The van der Waals surface area contributed by atoms with Crippen LogP contribution in [-0.4, -0.2) is 20.5 Å². The molecule has 0 radical (unpaired) electrons. The molecule has 1 unspecified atom stereocenters. The number of fused-ring (bicyclic) bond motifs is 5. The van der Waals surface area contributed by atoms with Crippen LogP contribution in [-0.2, 0) is 0 Å². The summed E-state index contributed by atoms with van der Waals surface area (Å²) >= 11 is 4.28. The summed E-state index contributed by atoms with van der Waals surface area (Å²) in [6, 6.07) is 7.73. The molecule has 0 amide bonds. The number of allylic oxidation sites excluding steroid dienone is 1. The van der Waals surface area contributed by atoms with E-state index in [0.29, 0.717) is 21.5 Å². The van der Waals surface area contributed by atoms with Gasteiger partial charge in [-0.1, -0.05) is 12.1 Å². The number of nitro benzene ring substituents is 1. The molecule has 0 fully saturated rings. The van der Waals surface area contributed by atoms with Crippen LogP contribution in [0.15, 0.2) is 44.7 Å². The van der Waals surface area contributed by atoms with Crippen molar-refractivity contribution in [2.24, 2.45) is 5.73 Å². The average Bonchev–Trinajstić information content (AvgIpc) is 3.32. The van der Waals surface area contributed by atoms with E-state index in [4.69, 9.17) is 10.5 Å². The Morgan fingerprint density at radius 3 is 2.77 bits per heavy atom. The Morgan fingerprint density at radius 2 is 2.13 bits per heavy atom. The fraction of sp³-hybridized carbons (Fsp3) is 0.105. The molecule has 154 valence electrons. The van der Waals surface area contributed by atoms with Gasteiger partial charge in [0.15, 0.2) is 5.75 Å². The van der Waals surface area contributed by atoms with Crippen molar-refractivity contribution in [3.8, 4) is 11.8 Å². The van der Waals surface area contributed by atoms with Crippen LogP contribution in [0.1, 0.15) is 17.0 Å². The largest absolute Gasteiger partial charge is 0.438 e. The Kier molecular flexibility index (Phi) is 4.47. The minimum Gasteiger partial charge on any atom is -0.438 e. The molecule has 3 N–H and O–H groups in total. The summed E-state index contributed by atoms with van der Waals surface area (Å²) in [5.74, 6) is -0.618. The third-order valence-corrected chi connectivity index (χ3v) is 8.18. The number of hydrogen-bond donors (Lipinski definition) is 2. The third kappa shape index (κ3) is 2.82. The molecule has 1 aromatic carbocycles. The number of non-ortho nitro benzene ring substituents is 1. The fourth-order valence-electron chi connectivity index (χ4n) is 3.68. The van der Waals surface area contributed by atoms with Gasteiger partial charge in [-0.25, -0.2) is 0 Å². The minimum absolute atomic E-state index is 0.0758. The minimum atomic E-state index is -0.810. The van der Waals surface area contributed by atoms with Crippen LogP contribution in [0.3, 0.4) is 0 Å². The fourth-order valence-corrected chi connectivity index (χ4v) is 6.43. The van der Waals surface area contributed by atoms with Gasteiger partial charge in [-0.05, 0) is 23.4 Å². The molecule has 0 aliphatic carbocycles. The number of ether oxygens (including phenoxy) is 1. The van der Waals surface area contributed by atoms with Crippen molar-refractivity contribution in [2.75, 3.05) is 6.26 Å². The molecule has 9 nitrogen and oxygen atoms in total. The third-order valence-electron chi connectivity index (χ3n) is 5.04. The summed E-state index contributed by atoms with van der Waals surface area (Å²) in [5, 5.41) is 21.6. The second-order valence-electron chi connectivity index (χ2n) is 6.63. The van der Waals surface area contributed by atoms with Gasteiger partial charge in [-0.3, -0.25) is 14.9 Å². The highest BCUT2D eigenvalue weighted by atomic mass is 32.2. The SMILES string of the molecule is CSc1snc2sc3c4c(c(=O)[nH]c3c12)C(c1ccc([N+](=O)[O-])cc1)C(C#N)=C(N)O4. The average molecular weight is 470 g/mol. The maximum absolute atomic E-state index is 13.2. The van der Waals surface area contributed by atoms with Gasteiger partial charge in [-0.15, -0.1) is 23.1 Å². The number of nitro groups is 1. The first-order valence-electron chi connectivity index (χ1n) is 8.78. The zero-order chi connectivity index (χ0) is 21.9. The van der Waals surface area contributed by atoms with Crippen molar-refractivity contribution in [2.45, 2.75) is 10.1 Å². The van der Waals surface area contributed by atoms with Crippen molar-refractivity contribution in [1.29, 1.82) is 5.26 Å². The summed E-state index contributed by atoms with van der Waals surface area (Å²) in [4.78, 5) is 27.4. The molecule has 0 spiro atoms. The maximum atomic E-state index is 13.2. The number of thiophene rings is 1. The van der Waals surface area contributed by atoms with E-state index in [0.717, 1.165) is 14.4 Å².